The van der Waals surface area contributed by atoms with Crippen LogP contribution < -0.4 is 0 Å². The lowest BCUT2D eigenvalue weighted by atomic mass is 10.1. The number of rotatable bonds is 3. The molecule has 0 bridgehead atoms. The van der Waals surface area contributed by atoms with Crippen molar-refractivity contribution < 1.29 is 0 Å². The molecule has 0 aliphatic carbocycles. The van der Waals surface area contributed by atoms with E-state index in [4.69, 9.17) is 0 Å². The van der Waals surface area contributed by atoms with Crippen molar-refractivity contribution in [2.45, 2.75) is 18.6 Å². The largest absolute Gasteiger partial charge is 0.216 e. The molecule has 78 valence electrons. The van der Waals surface area contributed by atoms with Crippen molar-refractivity contribution in [2.24, 2.45) is 0 Å². The molecule has 0 amide bonds. The van der Waals surface area contributed by atoms with E-state index >= 15 is 0 Å². The highest BCUT2D eigenvalue weighted by Crippen LogP contribution is 2.11. The van der Waals surface area contributed by atoms with E-state index in [-0.39, 0.29) is 0 Å². The van der Waals surface area contributed by atoms with Gasteiger partial charge < -0.3 is 0 Å². The molecule has 0 radical (unpaired) electrons. The zero-order valence-corrected chi connectivity index (χ0v) is 9.53. The van der Waals surface area contributed by atoms with E-state index in [1.54, 1.807) is 16.4 Å². The predicted molar refractivity (Wildman–Crippen MR) is 59.9 cm³/mol. The van der Waals surface area contributed by atoms with Gasteiger partial charge in [-0.2, -0.15) is 0 Å². The summed E-state index contributed by atoms with van der Waals surface area (Å²) >= 11 is 1.55. The fourth-order valence-electron chi connectivity index (χ4n) is 1.31. The Hall–Kier alpha value is -1.36. The van der Waals surface area contributed by atoms with Crippen molar-refractivity contribution in [1.29, 1.82) is 0 Å². The zero-order chi connectivity index (χ0) is 10.7. The molecule has 0 saturated heterocycles. The van der Waals surface area contributed by atoms with Crippen molar-refractivity contribution in [3.63, 3.8) is 0 Å². The highest BCUT2D eigenvalue weighted by atomic mass is 32.2. The maximum absolute atomic E-state index is 3.94. The van der Waals surface area contributed by atoms with Crippen molar-refractivity contribution >= 4 is 11.8 Å². The number of aromatic nitrogens is 4. The summed E-state index contributed by atoms with van der Waals surface area (Å²) in [6, 6.07) is 8.39. The predicted octanol–water partition coefficient (Wildman–Crippen LogP) is 1.75. The minimum atomic E-state index is 0.726. The molecule has 2 aromatic rings. The molecule has 4 nitrogen and oxygen atoms in total. The van der Waals surface area contributed by atoms with E-state index in [0.29, 0.717) is 0 Å². The van der Waals surface area contributed by atoms with Crippen LogP contribution in [0.3, 0.4) is 0 Å². The van der Waals surface area contributed by atoms with Gasteiger partial charge in [0, 0.05) is 0 Å². The molecule has 0 aliphatic rings. The van der Waals surface area contributed by atoms with Crippen LogP contribution in [0.25, 0.3) is 0 Å². The third-order valence-electron chi connectivity index (χ3n) is 2.13. The minimum absolute atomic E-state index is 0.726. The monoisotopic (exact) mass is 220 g/mol. The number of hydrogen-bond acceptors (Lipinski definition) is 4. The van der Waals surface area contributed by atoms with Gasteiger partial charge in [-0.25, -0.2) is 4.68 Å². The molecule has 0 fully saturated rings. The maximum Gasteiger partial charge on any atom is 0.209 e. The van der Waals surface area contributed by atoms with Gasteiger partial charge in [0.2, 0.25) is 5.16 Å². The van der Waals surface area contributed by atoms with Crippen LogP contribution in [0.15, 0.2) is 29.4 Å². The Balaban J connectivity index is 2.18. The highest BCUT2D eigenvalue weighted by molar-refractivity contribution is 7.98. The second-order valence-corrected chi connectivity index (χ2v) is 4.08. The number of tetrazole rings is 1. The summed E-state index contributed by atoms with van der Waals surface area (Å²) in [6.07, 6.45) is 1.97. The first-order valence-electron chi connectivity index (χ1n) is 4.65. The molecule has 0 saturated carbocycles. The molecule has 1 aromatic carbocycles. The Morgan fingerprint density at radius 3 is 2.67 bits per heavy atom. The molecular weight excluding hydrogens is 208 g/mol. The third kappa shape index (κ3) is 2.36. The zero-order valence-electron chi connectivity index (χ0n) is 8.71. The topological polar surface area (TPSA) is 43.6 Å². The van der Waals surface area contributed by atoms with E-state index < -0.39 is 0 Å². The summed E-state index contributed by atoms with van der Waals surface area (Å²) in [4.78, 5) is 0. The fraction of sp³-hybridized carbons (Fsp3) is 0.300. The summed E-state index contributed by atoms with van der Waals surface area (Å²) in [5, 5.41) is 12.3. The van der Waals surface area contributed by atoms with Gasteiger partial charge in [0.15, 0.2) is 0 Å². The van der Waals surface area contributed by atoms with Gasteiger partial charge in [-0.3, -0.25) is 0 Å². The smallest absolute Gasteiger partial charge is 0.209 e. The molecular formula is C10H12N4S. The number of benzene rings is 1. The molecule has 1 aromatic heterocycles. The summed E-state index contributed by atoms with van der Waals surface area (Å²) in [6.45, 7) is 2.80. The number of thioether (sulfide) groups is 1. The van der Waals surface area contributed by atoms with Gasteiger partial charge >= 0.3 is 0 Å². The van der Waals surface area contributed by atoms with Crippen molar-refractivity contribution in [1.82, 2.24) is 20.2 Å². The lowest BCUT2D eigenvalue weighted by Gasteiger charge is -2.02. The van der Waals surface area contributed by atoms with Gasteiger partial charge in [0.25, 0.3) is 0 Å². The average Bonchev–Trinajstić information content (AvgIpc) is 2.69. The summed E-state index contributed by atoms with van der Waals surface area (Å²) in [5.41, 5.74) is 2.48. The highest BCUT2D eigenvalue weighted by Gasteiger charge is 2.04. The second-order valence-electron chi connectivity index (χ2n) is 3.31. The van der Waals surface area contributed by atoms with Crippen LogP contribution in [0.4, 0.5) is 0 Å². The average molecular weight is 220 g/mol. The van der Waals surface area contributed by atoms with Gasteiger partial charge in [-0.1, -0.05) is 41.6 Å². The molecule has 0 aliphatic heterocycles. The van der Waals surface area contributed by atoms with Gasteiger partial charge in [0.05, 0.1) is 6.54 Å². The first kappa shape index (κ1) is 10.2. The standard InChI is InChI=1S/C10H12N4S/c1-8-3-5-9(6-4-8)7-14-10(15-2)11-12-13-14/h3-6H,7H2,1-2H3. The molecule has 0 unspecified atom stereocenters. The molecule has 0 atom stereocenters. The van der Waals surface area contributed by atoms with Crippen molar-refractivity contribution in [2.75, 3.05) is 6.26 Å². The quantitative estimate of drug-likeness (QED) is 0.739. The summed E-state index contributed by atoms with van der Waals surface area (Å²) < 4.78 is 1.80. The molecule has 1 heterocycles. The van der Waals surface area contributed by atoms with Crippen molar-refractivity contribution in [3.05, 3.63) is 35.4 Å². The normalized spacial score (nSPS) is 10.5. The first-order chi connectivity index (χ1) is 7.29. The van der Waals surface area contributed by atoms with E-state index in [1.807, 2.05) is 6.26 Å². The van der Waals surface area contributed by atoms with E-state index in [0.717, 1.165) is 11.7 Å². The lowest BCUT2D eigenvalue weighted by Crippen LogP contribution is -2.03. The molecule has 2 rings (SSSR count). The molecule has 0 spiro atoms. The SMILES string of the molecule is CSc1nnnn1Cc1ccc(C)cc1. The van der Waals surface area contributed by atoms with E-state index in [2.05, 4.69) is 46.7 Å². The summed E-state index contributed by atoms with van der Waals surface area (Å²) in [5.74, 6) is 0. The van der Waals surface area contributed by atoms with Crippen LogP contribution in [0, 0.1) is 6.92 Å². The molecule has 5 heteroatoms. The van der Waals surface area contributed by atoms with Crippen molar-refractivity contribution in [3.8, 4) is 0 Å². The Morgan fingerprint density at radius 2 is 2.00 bits per heavy atom. The Morgan fingerprint density at radius 1 is 1.27 bits per heavy atom. The van der Waals surface area contributed by atoms with E-state index in [9.17, 15) is 0 Å². The Kier molecular flexibility index (Phi) is 3.01. The molecule has 0 N–H and O–H groups in total. The second kappa shape index (κ2) is 4.44. The van der Waals surface area contributed by atoms with Gasteiger partial charge in [-0.15, -0.1) is 5.10 Å². The first-order valence-corrected chi connectivity index (χ1v) is 5.88. The Labute approximate surface area is 92.7 Å². The summed E-state index contributed by atoms with van der Waals surface area (Å²) in [7, 11) is 0. The van der Waals surface area contributed by atoms with Crippen LogP contribution in [0.5, 0.6) is 0 Å². The van der Waals surface area contributed by atoms with Crippen LogP contribution in [-0.4, -0.2) is 26.5 Å². The van der Waals surface area contributed by atoms with E-state index in [1.165, 1.54) is 11.1 Å². The lowest BCUT2D eigenvalue weighted by molar-refractivity contribution is 0.603. The van der Waals surface area contributed by atoms with Gasteiger partial charge in [-0.05, 0) is 29.2 Å². The number of hydrogen-bond donors (Lipinski definition) is 0. The van der Waals surface area contributed by atoms with Crippen LogP contribution in [0.2, 0.25) is 0 Å². The van der Waals surface area contributed by atoms with Gasteiger partial charge in [0.1, 0.15) is 0 Å². The maximum atomic E-state index is 3.94. The third-order valence-corrected chi connectivity index (χ3v) is 2.79. The van der Waals surface area contributed by atoms with Crippen LogP contribution >= 0.6 is 11.8 Å². The molecule has 15 heavy (non-hydrogen) atoms. The minimum Gasteiger partial charge on any atom is -0.216 e. The number of aryl methyl sites for hydroxylation is 1. The van der Waals surface area contributed by atoms with Crippen LogP contribution in [0.1, 0.15) is 11.1 Å². The number of nitrogens with zero attached hydrogens (tertiary/aromatic N) is 4. The van der Waals surface area contributed by atoms with Crippen LogP contribution in [-0.2, 0) is 6.54 Å². The Bertz CT molecular complexity index is 435. The fourth-order valence-corrected chi connectivity index (χ4v) is 1.74.